The molecule has 15 heteroatoms. The van der Waals surface area contributed by atoms with E-state index in [9.17, 15) is 0 Å². The molecule has 0 bridgehead atoms. The fraction of sp³-hybridized carbons (Fsp3) is 0.677. The van der Waals surface area contributed by atoms with Gasteiger partial charge in [-0.05, 0) is 91.7 Å². The van der Waals surface area contributed by atoms with Gasteiger partial charge >= 0.3 is 35.0 Å². The zero-order chi connectivity index (χ0) is 36.9. The maximum absolute atomic E-state index is 5.79. The second kappa shape index (κ2) is 30.2. The van der Waals surface area contributed by atoms with Crippen molar-refractivity contribution in [3.63, 3.8) is 0 Å². The quantitative estimate of drug-likeness (QED) is 0.0811. The molecule has 0 atom stereocenters. The van der Waals surface area contributed by atoms with Crippen LogP contribution in [0.5, 0.6) is 0 Å². The summed E-state index contributed by atoms with van der Waals surface area (Å²) in [5.41, 5.74) is 6.69. The van der Waals surface area contributed by atoms with E-state index in [1.165, 1.54) is 0 Å². The van der Waals surface area contributed by atoms with Gasteiger partial charge in [-0.3, -0.25) is 0 Å². The van der Waals surface area contributed by atoms with Gasteiger partial charge in [-0.15, -0.1) is 13.2 Å². The van der Waals surface area contributed by atoms with Crippen molar-refractivity contribution in [2.45, 2.75) is 87.2 Å². The first-order valence-electron chi connectivity index (χ1n) is 15.4. The van der Waals surface area contributed by atoms with Crippen molar-refractivity contribution in [3.05, 3.63) is 61.8 Å². The Labute approximate surface area is 286 Å². The summed E-state index contributed by atoms with van der Waals surface area (Å²) in [5.74, 6) is 0. The number of hydrogen-bond donors (Lipinski definition) is 0. The van der Waals surface area contributed by atoms with E-state index in [0.717, 1.165) is 0 Å². The van der Waals surface area contributed by atoms with Crippen molar-refractivity contribution < 1.29 is 48.7 Å². The van der Waals surface area contributed by atoms with Crippen molar-refractivity contribution >= 4 is 35.0 Å². The average Bonchev–Trinajstić information content (AvgIpc) is 3.02. The topological polar surface area (TPSA) is 102 Å². The summed E-state index contributed by atoms with van der Waals surface area (Å²) < 4.78 is 59.2. The van der Waals surface area contributed by atoms with Crippen LogP contribution in [0.2, 0.25) is 6.55 Å². The molecule has 0 spiro atoms. The van der Waals surface area contributed by atoms with Crippen LogP contribution in [0.1, 0.15) is 62.3 Å². The van der Waals surface area contributed by atoms with Crippen LogP contribution in [-0.4, -0.2) is 108 Å². The van der Waals surface area contributed by atoms with E-state index in [4.69, 9.17) is 48.7 Å². The third-order valence-electron chi connectivity index (χ3n) is 5.14. The van der Waals surface area contributed by atoms with Crippen LogP contribution in [0.3, 0.4) is 0 Å². The van der Waals surface area contributed by atoms with Gasteiger partial charge in [-0.25, -0.2) is 0 Å². The van der Waals surface area contributed by atoms with Crippen molar-refractivity contribution in [1.82, 2.24) is 0 Å². The molecule has 0 saturated heterocycles. The maximum Gasteiger partial charge on any atom is 0.529 e. The Morgan fingerprint density at radius 3 is 0.957 bits per heavy atom. The molecule has 11 nitrogen and oxygen atoms in total. The molecule has 274 valence electrons. The minimum Gasteiger partial charge on any atom is -0.395 e. The number of hydrogen-bond acceptors (Lipinski definition) is 11. The molecule has 0 saturated carbocycles. The van der Waals surface area contributed by atoms with Gasteiger partial charge in [0.2, 0.25) is 0 Å². The highest BCUT2D eigenvalue weighted by molar-refractivity contribution is 6.71. The van der Waals surface area contributed by atoms with Crippen LogP contribution in [0.25, 0.3) is 0 Å². The normalized spacial score (nSPS) is 11.8. The van der Waals surface area contributed by atoms with E-state index in [2.05, 4.69) is 32.9 Å². The van der Waals surface area contributed by atoms with Crippen molar-refractivity contribution in [2.24, 2.45) is 0 Å². The van der Waals surface area contributed by atoms with Crippen molar-refractivity contribution in [3.8, 4) is 0 Å². The van der Waals surface area contributed by atoms with Crippen LogP contribution in [0.4, 0.5) is 0 Å². The fourth-order valence-electron chi connectivity index (χ4n) is 2.97. The molecule has 0 amide bonds. The minimum atomic E-state index is -2.69. The van der Waals surface area contributed by atoms with E-state index in [1.54, 1.807) is 57.3 Å². The molecule has 0 aliphatic carbocycles. The third-order valence-corrected chi connectivity index (χ3v) is 15.2. The van der Waals surface area contributed by atoms with Crippen LogP contribution in [-0.2, 0) is 48.7 Å². The molecule has 46 heavy (non-hydrogen) atoms. The van der Waals surface area contributed by atoms with Gasteiger partial charge in [-0.2, -0.15) is 0 Å². The number of rotatable bonds is 23. The van der Waals surface area contributed by atoms with E-state index in [-0.39, 0.29) is 18.3 Å². The summed E-state index contributed by atoms with van der Waals surface area (Å²) >= 11 is 0. The largest absolute Gasteiger partial charge is 0.529 e. The molecule has 0 aromatic heterocycles. The summed E-state index contributed by atoms with van der Waals surface area (Å²) in [4.78, 5) is 0. The van der Waals surface area contributed by atoms with Crippen LogP contribution in [0.15, 0.2) is 61.8 Å². The maximum atomic E-state index is 5.79. The van der Waals surface area contributed by atoms with E-state index in [0.29, 0.717) is 26.4 Å². The Hall–Kier alpha value is -0.872. The summed E-state index contributed by atoms with van der Waals surface area (Å²) in [6, 6.07) is 0. The third kappa shape index (κ3) is 25.2. The fourth-order valence-corrected chi connectivity index (χ4v) is 8.91. The highest BCUT2D eigenvalue weighted by Gasteiger charge is 2.41. The Balaban J connectivity index is -0.000000261. The average molecular weight is 729 g/mol. The van der Waals surface area contributed by atoms with Gasteiger partial charge in [0, 0.05) is 66.6 Å². The molecule has 0 unspecified atom stereocenters. The predicted octanol–water partition coefficient (Wildman–Crippen LogP) is 6.91. The summed E-state index contributed by atoms with van der Waals surface area (Å²) in [7, 11) is -3.30. The SMILES string of the molecule is C=CCO[Si](C=C)(OC)OC.C=C[Si](C)(OC)OC.C=C[Si](OC(C)C)(OC(C)C)OC(C)C.C=C[Si](OCC)(OCC)OCC. The molecule has 0 N–H and O–H groups in total. The molecule has 0 heterocycles. The Morgan fingerprint density at radius 2 is 0.804 bits per heavy atom. The van der Waals surface area contributed by atoms with Gasteiger partial charge < -0.3 is 48.7 Å². The van der Waals surface area contributed by atoms with Crippen LogP contribution in [0, 0.1) is 0 Å². The highest BCUT2D eigenvalue weighted by Crippen LogP contribution is 2.18. The highest BCUT2D eigenvalue weighted by atomic mass is 28.4. The molecular weight excluding hydrogens is 661 g/mol. The van der Waals surface area contributed by atoms with Gasteiger partial charge in [0.15, 0.2) is 0 Å². The van der Waals surface area contributed by atoms with E-state index >= 15 is 0 Å². The standard InChI is InChI=1S/C11H24O3Si.C8H18O3Si.C7H14O3Si.C5H12O2Si/c1-8-15(12-9(2)3,13-10(4)5)14-11(6)7;1-5-9-12(8-4,10-6-2)11-7-3;1-5-7-10-11(6-2,8-3)9-4;1-5-8(4,6-2)7-3/h8-11H,1H2,2-7H3;8H,4-7H2,1-3H3;5-6H,1-2,7H2,3-4H3;5H,1H2,2-4H3. The van der Waals surface area contributed by atoms with E-state index in [1.807, 2.05) is 68.9 Å². The molecule has 0 aromatic rings. The first-order chi connectivity index (χ1) is 21.5. The van der Waals surface area contributed by atoms with E-state index < -0.39 is 35.0 Å². The summed E-state index contributed by atoms with van der Waals surface area (Å²) in [6.45, 7) is 39.9. The molecule has 0 aliphatic heterocycles. The monoisotopic (exact) mass is 728 g/mol. The lowest BCUT2D eigenvalue weighted by molar-refractivity contribution is 0.0140. The zero-order valence-corrected chi connectivity index (χ0v) is 35.5. The molecule has 0 aliphatic rings. The second-order valence-electron chi connectivity index (χ2n) is 9.86. The first-order valence-corrected chi connectivity index (χ1v) is 23.2. The zero-order valence-electron chi connectivity index (χ0n) is 31.5. The Kier molecular flexibility index (Phi) is 34.1. The van der Waals surface area contributed by atoms with Crippen molar-refractivity contribution in [2.75, 3.05) is 54.9 Å². The van der Waals surface area contributed by atoms with Gasteiger partial charge in [0.25, 0.3) is 0 Å². The summed E-state index contributed by atoms with van der Waals surface area (Å²) in [5, 5.41) is 0. The van der Waals surface area contributed by atoms with Gasteiger partial charge in [0.1, 0.15) is 0 Å². The van der Waals surface area contributed by atoms with Crippen LogP contribution >= 0.6 is 0 Å². The molecule has 0 aromatic carbocycles. The minimum absolute atomic E-state index is 0.0761. The van der Waals surface area contributed by atoms with Crippen molar-refractivity contribution in [1.29, 1.82) is 0 Å². The predicted molar refractivity (Wildman–Crippen MR) is 197 cm³/mol. The lowest BCUT2D eigenvalue weighted by atomic mass is 10.5. The van der Waals surface area contributed by atoms with Crippen LogP contribution < -0.4 is 0 Å². The second-order valence-corrected chi connectivity index (χ2v) is 20.6. The molecular formula is C31H68O11Si4. The molecule has 0 radical (unpaired) electrons. The lowest BCUT2D eigenvalue weighted by Gasteiger charge is -2.31. The van der Waals surface area contributed by atoms with Gasteiger partial charge in [-0.1, -0.05) is 25.8 Å². The molecule has 0 fully saturated rings. The Bertz CT molecular complexity index is 732. The lowest BCUT2D eigenvalue weighted by Crippen LogP contribution is -2.49. The smallest absolute Gasteiger partial charge is 0.395 e. The summed E-state index contributed by atoms with van der Waals surface area (Å²) in [6.07, 6.45) is 1.87. The Morgan fingerprint density at radius 1 is 0.478 bits per heavy atom. The van der Waals surface area contributed by atoms with Gasteiger partial charge in [0.05, 0.1) is 6.61 Å². The molecule has 0 rings (SSSR count). The first kappa shape index (κ1) is 52.0.